The highest BCUT2D eigenvalue weighted by Crippen LogP contribution is 2.28. The van der Waals surface area contributed by atoms with E-state index in [1.807, 2.05) is 6.92 Å². The number of rotatable bonds is 6. The van der Waals surface area contributed by atoms with Gasteiger partial charge in [-0.15, -0.1) is 0 Å². The molecule has 74 valence electrons. The minimum Gasteiger partial charge on any atom is -0.396 e. The Morgan fingerprint density at radius 2 is 1.67 bits per heavy atom. The summed E-state index contributed by atoms with van der Waals surface area (Å²) in [5.41, 5.74) is -0.232. The van der Waals surface area contributed by atoms with Crippen LogP contribution in [0.3, 0.4) is 0 Å². The molecule has 0 radical (unpaired) electrons. The van der Waals surface area contributed by atoms with Crippen molar-refractivity contribution in [2.24, 2.45) is 11.3 Å². The summed E-state index contributed by atoms with van der Waals surface area (Å²) in [4.78, 5) is 0. The molecule has 0 heterocycles. The summed E-state index contributed by atoms with van der Waals surface area (Å²) in [6, 6.07) is 0. The minimum absolute atomic E-state index is 0.104. The van der Waals surface area contributed by atoms with Gasteiger partial charge in [0, 0.05) is 5.41 Å². The smallest absolute Gasteiger partial charge is 0.0509 e. The van der Waals surface area contributed by atoms with Crippen molar-refractivity contribution >= 4 is 0 Å². The van der Waals surface area contributed by atoms with E-state index in [9.17, 15) is 0 Å². The Morgan fingerprint density at radius 3 is 1.92 bits per heavy atom. The zero-order valence-corrected chi connectivity index (χ0v) is 8.51. The lowest BCUT2D eigenvalue weighted by molar-refractivity contribution is 0.0395. The second kappa shape index (κ2) is 5.55. The first-order valence-corrected chi connectivity index (χ1v) is 4.82. The Labute approximate surface area is 75.6 Å². The molecule has 0 saturated carbocycles. The number of hydrogen-bond donors (Lipinski definition) is 2. The van der Waals surface area contributed by atoms with E-state index in [1.54, 1.807) is 0 Å². The van der Waals surface area contributed by atoms with Crippen molar-refractivity contribution in [1.82, 2.24) is 0 Å². The molecule has 0 atom stereocenters. The van der Waals surface area contributed by atoms with E-state index in [-0.39, 0.29) is 18.6 Å². The minimum atomic E-state index is -0.232. The average Bonchev–Trinajstić information content (AvgIpc) is 2.08. The molecular formula is C10H22O2. The van der Waals surface area contributed by atoms with E-state index in [0.29, 0.717) is 5.92 Å². The maximum absolute atomic E-state index is 9.13. The van der Waals surface area contributed by atoms with Gasteiger partial charge in [-0.3, -0.25) is 0 Å². The maximum Gasteiger partial charge on any atom is 0.0509 e. The quantitative estimate of drug-likeness (QED) is 0.644. The molecule has 2 nitrogen and oxygen atoms in total. The molecule has 0 aromatic heterocycles. The fourth-order valence-corrected chi connectivity index (χ4v) is 1.20. The molecule has 12 heavy (non-hydrogen) atoms. The van der Waals surface area contributed by atoms with Crippen molar-refractivity contribution in [2.75, 3.05) is 13.2 Å². The third kappa shape index (κ3) is 3.55. The first kappa shape index (κ1) is 11.9. The molecule has 0 fully saturated rings. The van der Waals surface area contributed by atoms with Crippen molar-refractivity contribution in [3.8, 4) is 0 Å². The van der Waals surface area contributed by atoms with Crippen LogP contribution in [0.15, 0.2) is 0 Å². The Bertz CT molecular complexity index is 98.1. The molecule has 0 rings (SSSR count). The zero-order valence-electron chi connectivity index (χ0n) is 8.51. The second-order valence-electron chi connectivity index (χ2n) is 4.10. The molecule has 0 unspecified atom stereocenters. The van der Waals surface area contributed by atoms with E-state index in [1.165, 1.54) is 0 Å². The molecule has 0 amide bonds. The molecule has 0 aliphatic rings. The Hall–Kier alpha value is -0.0800. The first-order chi connectivity index (χ1) is 5.60. The second-order valence-corrected chi connectivity index (χ2v) is 4.10. The van der Waals surface area contributed by atoms with Crippen LogP contribution in [0, 0.1) is 11.3 Å². The van der Waals surface area contributed by atoms with Crippen molar-refractivity contribution in [3.63, 3.8) is 0 Å². The summed E-state index contributed by atoms with van der Waals surface area (Å²) in [7, 11) is 0. The molecule has 2 heteroatoms. The fraction of sp³-hybridized carbons (Fsp3) is 1.00. The zero-order chi connectivity index (χ0) is 9.61. The van der Waals surface area contributed by atoms with Gasteiger partial charge in [-0.05, 0) is 18.8 Å². The van der Waals surface area contributed by atoms with E-state index < -0.39 is 0 Å². The van der Waals surface area contributed by atoms with Crippen LogP contribution < -0.4 is 0 Å². The summed E-state index contributed by atoms with van der Waals surface area (Å²) in [6.07, 6.45) is 2.86. The lowest BCUT2D eigenvalue weighted by atomic mass is 9.80. The van der Waals surface area contributed by atoms with Gasteiger partial charge in [-0.2, -0.15) is 0 Å². The van der Waals surface area contributed by atoms with E-state index in [0.717, 1.165) is 19.3 Å². The molecule has 2 N–H and O–H groups in total. The fourth-order valence-electron chi connectivity index (χ4n) is 1.20. The van der Waals surface area contributed by atoms with Crippen molar-refractivity contribution in [1.29, 1.82) is 0 Å². The van der Waals surface area contributed by atoms with E-state index >= 15 is 0 Å². The third-order valence-electron chi connectivity index (χ3n) is 2.67. The largest absolute Gasteiger partial charge is 0.396 e. The Morgan fingerprint density at radius 1 is 1.17 bits per heavy atom. The SMILES string of the molecule is CCC(CO)(CO)CCC(C)C. The predicted octanol–water partition coefficient (Wildman–Crippen LogP) is 1.80. The highest BCUT2D eigenvalue weighted by molar-refractivity contribution is 4.76. The highest BCUT2D eigenvalue weighted by Gasteiger charge is 2.26. The molecule has 0 spiro atoms. The van der Waals surface area contributed by atoms with Gasteiger partial charge in [0.1, 0.15) is 0 Å². The average molecular weight is 174 g/mol. The van der Waals surface area contributed by atoms with Crippen LogP contribution in [0.4, 0.5) is 0 Å². The van der Waals surface area contributed by atoms with Gasteiger partial charge >= 0.3 is 0 Å². The van der Waals surface area contributed by atoms with Gasteiger partial charge in [0.05, 0.1) is 13.2 Å². The van der Waals surface area contributed by atoms with Gasteiger partial charge in [0.2, 0.25) is 0 Å². The van der Waals surface area contributed by atoms with Crippen LogP contribution in [-0.4, -0.2) is 23.4 Å². The van der Waals surface area contributed by atoms with E-state index in [2.05, 4.69) is 13.8 Å². The van der Waals surface area contributed by atoms with Crippen molar-refractivity contribution in [3.05, 3.63) is 0 Å². The Balaban J connectivity index is 3.93. The monoisotopic (exact) mass is 174 g/mol. The standard InChI is InChI=1S/C10H22O2/c1-4-10(7-11,8-12)6-5-9(2)3/h9,11-12H,4-8H2,1-3H3. The predicted molar refractivity (Wildman–Crippen MR) is 51.0 cm³/mol. The Kier molecular flexibility index (Phi) is 5.51. The van der Waals surface area contributed by atoms with Crippen molar-refractivity contribution in [2.45, 2.75) is 40.0 Å². The van der Waals surface area contributed by atoms with Crippen LogP contribution >= 0.6 is 0 Å². The van der Waals surface area contributed by atoms with Crippen LogP contribution in [-0.2, 0) is 0 Å². The third-order valence-corrected chi connectivity index (χ3v) is 2.67. The van der Waals surface area contributed by atoms with Gasteiger partial charge in [0.25, 0.3) is 0 Å². The summed E-state index contributed by atoms with van der Waals surface area (Å²) < 4.78 is 0. The van der Waals surface area contributed by atoms with Crippen molar-refractivity contribution < 1.29 is 10.2 Å². The first-order valence-electron chi connectivity index (χ1n) is 4.82. The molecule has 0 aliphatic heterocycles. The molecule has 0 aliphatic carbocycles. The summed E-state index contributed by atoms with van der Waals surface area (Å²) in [5, 5.41) is 18.3. The highest BCUT2D eigenvalue weighted by atomic mass is 16.3. The molecule has 0 bridgehead atoms. The van der Waals surface area contributed by atoms with Crippen LogP contribution in [0.25, 0.3) is 0 Å². The van der Waals surface area contributed by atoms with Gasteiger partial charge in [-0.1, -0.05) is 27.2 Å². The molecule has 0 aromatic rings. The van der Waals surface area contributed by atoms with E-state index in [4.69, 9.17) is 10.2 Å². The maximum atomic E-state index is 9.13. The van der Waals surface area contributed by atoms with Crippen LogP contribution in [0.2, 0.25) is 0 Å². The van der Waals surface area contributed by atoms with Crippen LogP contribution in [0.5, 0.6) is 0 Å². The van der Waals surface area contributed by atoms with Gasteiger partial charge in [0.15, 0.2) is 0 Å². The summed E-state index contributed by atoms with van der Waals surface area (Å²) >= 11 is 0. The topological polar surface area (TPSA) is 40.5 Å². The normalized spacial score (nSPS) is 12.5. The number of aliphatic hydroxyl groups is 2. The van der Waals surface area contributed by atoms with Gasteiger partial charge < -0.3 is 10.2 Å². The lowest BCUT2D eigenvalue weighted by Crippen LogP contribution is -2.29. The number of aliphatic hydroxyl groups excluding tert-OH is 2. The molecule has 0 saturated heterocycles. The molecule has 0 aromatic carbocycles. The van der Waals surface area contributed by atoms with Gasteiger partial charge in [-0.25, -0.2) is 0 Å². The van der Waals surface area contributed by atoms with Crippen LogP contribution in [0.1, 0.15) is 40.0 Å². The summed E-state index contributed by atoms with van der Waals surface area (Å²) in [5.74, 6) is 0.647. The number of hydrogen-bond acceptors (Lipinski definition) is 2. The molecular weight excluding hydrogens is 152 g/mol. The summed E-state index contributed by atoms with van der Waals surface area (Å²) in [6.45, 7) is 6.55. The lowest BCUT2D eigenvalue weighted by Gasteiger charge is -2.28.